The van der Waals surface area contributed by atoms with Crippen LogP contribution in [-0.2, 0) is 11.3 Å². The van der Waals surface area contributed by atoms with Crippen LogP contribution in [0.5, 0.6) is 0 Å². The second-order valence-electron chi connectivity index (χ2n) is 4.47. The smallest absolute Gasteiger partial charge is 0.227 e. The average Bonchev–Trinajstić information content (AvgIpc) is 3.08. The van der Waals surface area contributed by atoms with Gasteiger partial charge in [0.1, 0.15) is 0 Å². The van der Waals surface area contributed by atoms with Gasteiger partial charge in [-0.25, -0.2) is 0 Å². The van der Waals surface area contributed by atoms with Crippen molar-refractivity contribution in [2.45, 2.75) is 26.3 Å². The molecule has 0 spiro atoms. The van der Waals surface area contributed by atoms with Gasteiger partial charge in [0.15, 0.2) is 0 Å². The summed E-state index contributed by atoms with van der Waals surface area (Å²) >= 11 is 0. The second-order valence-corrected chi connectivity index (χ2v) is 4.47. The Hall–Kier alpha value is -1.42. The number of carbonyl (C=O) groups excluding carboxylic acids is 1. The maximum atomic E-state index is 11.8. The SMILES string of the molecule is Cc1ccncc1CNC(=O)C1(CN)CC1. The van der Waals surface area contributed by atoms with Gasteiger partial charge in [-0.3, -0.25) is 9.78 Å². The molecule has 1 saturated carbocycles. The third-order valence-corrected chi connectivity index (χ3v) is 3.31. The third kappa shape index (κ3) is 2.07. The first kappa shape index (κ1) is 11.1. The summed E-state index contributed by atoms with van der Waals surface area (Å²) in [6, 6.07) is 1.94. The number of hydrogen-bond donors (Lipinski definition) is 2. The summed E-state index contributed by atoms with van der Waals surface area (Å²) in [5.41, 5.74) is 7.53. The number of aryl methyl sites for hydroxylation is 1. The zero-order chi connectivity index (χ0) is 11.6. The monoisotopic (exact) mass is 219 g/mol. The van der Waals surface area contributed by atoms with Crippen LogP contribution in [0, 0.1) is 12.3 Å². The van der Waals surface area contributed by atoms with Crippen LogP contribution in [-0.4, -0.2) is 17.4 Å². The van der Waals surface area contributed by atoms with E-state index in [0.717, 1.165) is 24.0 Å². The number of hydrogen-bond acceptors (Lipinski definition) is 3. The zero-order valence-corrected chi connectivity index (χ0v) is 9.49. The molecule has 4 nitrogen and oxygen atoms in total. The van der Waals surface area contributed by atoms with E-state index < -0.39 is 0 Å². The molecule has 4 heteroatoms. The lowest BCUT2D eigenvalue weighted by Gasteiger charge is -2.13. The van der Waals surface area contributed by atoms with E-state index in [2.05, 4.69) is 10.3 Å². The number of pyridine rings is 1. The fourth-order valence-corrected chi connectivity index (χ4v) is 1.72. The van der Waals surface area contributed by atoms with Gasteiger partial charge in [0.2, 0.25) is 5.91 Å². The van der Waals surface area contributed by atoms with Gasteiger partial charge in [0.25, 0.3) is 0 Å². The number of amides is 1. The number of aromatic nitrogens is 1. The zero-order valence-electron chi connectivity index (χ0n) is 9.49. The molecule has 1 aromatic heterocycles. The van der Waals surface area contributed by atoms with E-state index in [9.17, 15) is 4.79 Å². The molecular weight excluding hydrogens is 202 g/mol. The summed E-state index contributed by atoms with van der Waals surface area (Å²) in [6.45, 7) is 3.00. The van der Waals surface area contributed by atoms with Gasteiger partial charge in [-0.2, -0.15) is 0 Å². The molecule has 1 aliphatic carbocycles. The van der Waals surface area contributed by atoms with Gasteiger partial charge >= 0.3 is 0 Å². The van der Waals surface area contributed by atoms with Crippen molar-refractivity contribution in [1.82, 2.24) is 10.3 Å². The predicted octanol–water partition coefficient (Wildman–Crippen LogP) is 0.745. The van der Waals surface area contributed by atoms with Crippen molar-refractivity contribution in [2.75, 3.05) is 6.54 Å². The van der Waals surface area contributed by atoms with Crippen LogP contribution in [0.1, 0.15) is 24.0 Å². The Kier molecular flexibility index (Phi) is 2.92. The maximum absolute atomic E-state index is 11.8. The van der Waals surface area contributed by atoms with Gasteiger partial charge in [0.05, 0.1) is 5.41 Å². The molecule has 1 aromatic rings. The molecular formula is C12H17N3O. The molecule has 0 bridgehead atoms. The Labute approximate surface area is 95.3 Å². The Morgan fingerprint density at radius 3 is 2.94 bits per heavy atom. The molecule has 1 amide bonds. The van der Waals surface area contributed by atoms with Crippen LogP contribution in [0.3, 0.4) is 0 Å². The van der Waals surface area contributed by atoms with Crippen LogP contribution < -0.4 is 11.1 Å². The van der Waals surface area contributed by atoms with E-state index in [1.165, 1.54) is 0 Å². The molecule has 0 aromatic carbocycles. The van der Waals surface area contributed by atoms with Crippen LogP contribution in [0.15, 0.2) is 18.5 Å². The fourth-order valence-electron chi connectivity index (χ4n) is 1.72. The molecule has 1 aliphatic rings. The first-order valence-electron chi connectivity index (χ1n) is 5.56. The van der Waals surface area contributed by atoms with Crippen molar-refractivity contribution in [1.29, 1.82) is 0 Å². The Morgan fingerprint density at radius 2 is 2.38 bits per heavy atom. The summed E-state index contributed by atoms with van der Waals surface area (Å²) in [5.74, 6) is 0.0817. The largest absolute Gasteiger partial charge is 0.351 e. The summed E-state index contributed by atoms with van der Waals surface area (Å²) < 4.78 is 0. The lowest BCUT2D eigenvalue weighted by Crippen LogP contribution is -2.36. The van der Waals surface area contributed by atoms with E-state index in [1.807, 2.05) is 13.0 Å². The van der Waals surface area contributed by atoms with Crippen LogP contribution in [0.2, 0.25) is 0 Å². The standard InChI is InChI=1S/C12H17N3O/c1-9-2-5-14-6-10(9)7-15-11(16)12(8-13)3-4-12/h2,5-6H,3-4,7-8,13H2,1H3,(H,15,16). The second kappa shape index (κ2) is 4.22. The minimum absolute atomic E-state index is 0.0817. The lowest BCUT2D eigenvalue weighted by molar-refractivity contribution is -0.126. The number of rotatable bonds is 4. The minimum Gasteiger partial charge on any atom is -0.351 e. The first-order valence-corrected chi connectivity index (χ1v) is 5.56. The highest BCUT2D eigenvalue weighted by Gasteiger charge is 2.48. The topological polar surface area (TPSA) is 68.0 Å². The van der Waals surface area contributed by atoms with Crippen molar-refractivity contribution in [3.63, 3.8) is 0 Å². The van der Waals surface area contributed by atoms with E-state index in [4.69, 9.17) is 5.73 Å². The lowest BCUT2D eigenvalue weighted by atomic mass is 10.1. The first-order chi connectivity index (χ1) is 7.68. The summed E-state index contributed by atoms with van der Waals surface area (Å²) in [4.78, 5) is 15.9. The van der Waals surface area contributed by atoms with Crippen molar-refractivity contribution >= 4 is 5.91 Å². The highest BCUT2D eigenvalue weighted by Crippen LogP contribution is 2.44. The quantitative estimate of drug-likeness (QED) is 0.785. The van der Waals surface area contributed by atoms with Gasteiger partial charge in [-0.1, -0.05) is 0 Å². The van der Waals surface area contributed by atoms with Crippen molar-refractivity contribution < 1.29 is 4.79 Å². The van der Waals surface area contributed by atoms with Crippen LogP contribution in [0.25, 0.3) is 0 Å². The molecule has 3 N–H and O–H groups in total. The van der Waals surface area contributed by atoms with Crippen LogP contribution >= 0.6 is 0 Å². The number of nitrogens with one attached hydrogen (secondary N) is 1. The molecule has 0 saturated heterocycles. The number of carbonyl (C=O) groups is 1. The van der Waals surface area contributed by atoms with E-state index in [1.54, 1.807) is 12.4 Å². The van der Waals surface area contributed by atoms with Crippen molar-refractivity contribution in [3.8, 4) is 0 Å². The number of nitrogens with zero attached hydrogens (tertiary/aromatic N) is 1. The Balaban J connectivity index is 1.93. The van der Waals surface area contributed by atoms with Crippen LogP contribution in [0.4, 0.5) is 0 Å². The van der Waals surface area contributed by atoms with E-state index >= 15 is 0 Å². The fraction of sp³-hybridized carbons (Fsp3) is 0.500. The van der Waals surface area contributed by atoms with Gasteiger partial charge in [-0.05, 0) is 37.0 Å². The summed E-state index contributed by atoms with van der Waals surface area (Å²) in [7, 11) is 0. The maximum Gasteiger partial charge on any atom is 0.227 e. The Morgan fingerprint density at radius 1 is 1.62 bits per heavy atom. The molecule has 1 heterocycles. The van der Waals surface area contributed by atoms with Crippen molar-refractivity contribution in [2.24, 2.45) is 11.1 Å². The molecule has 16 heavy (non-hydrogen) atoms. The van der Waals surface area contributed by atoms with E-state index in [0.29, 0.717) is 13.1 Å². The van der Waals surface area contributed by atoms with Gasteiger partial charge < -0.3 is 11.1 Å². The molecule has 86 valence electrons. The number of nitrogens with two attached hydrogens (primary N) is 1. The average molecular weight is 219 g/mol. The molecule has 1 fully saturated rings. The van der Waals surface area contributed by atoms with Gasteiger partial charge in [-0.15, -0.1) is 0 Å². The predicted molar refractivity (Wildman–Crippen MR) is 61.5 cm³/mol. The summed E-state index contributed by atoms with van der Waals surface area (Å²) in [6.07, 6.45) is 5.38. The highest BCUT2D eigenvalue weighted by atomic mass is 16.2. The normalized spacial score (nSPS) is 16.9. The molecule has 0 aliphatic heterocycles. The van der Waals surface area contributed by atoms with Crippen molar-refractivity contribution in [3.05, 3.63) is 29.6 Å². The highest BCUT2D eigenvalue weighted by molar-refractivity contribution is 5.85. The molecule has 0 unspecified atom stereocenters. The third-order valence-electron chi connectivity index (χ3n) is 3.31. The summed E-state index contributed by atoms with van der Waals surface area (Å²) in [5, 5.41) is 2.93. The van der Waals surface area contributed by atoms with E-state index in [-0.39, 0.29) is 11.3 Å². The molecule has 0 atom stereocenters. The molecule has 0 radical (unpaired) electrons. The molecule has 2 rings (SSSR count). The van der Waals surface area contributed by atoms with Gasteiger partial charge in [0, 0.05) is 25.5 Å². The minimum atomic E-state index is -0.268. The Bertz CT molecular complexity index is 399.